The zero-order valence-electron chi connectivity index (χ0n) is 7.14. The number of rotatable bonds is 2. The first-order valence-electron chi connectivity index (χ1n) is 3.97. The lowest BCUT2D eigenvalue weighted by molar-refractivity contribution is 0.461. The number of halogens is 1. The highest BCUT2D eigenvalue weighted by Crippen LogP contribution is 2.25. The molecule has 2 rings (SSSR count). The van der Waals surface area contributed by atoms with Crippen LogP contribution in [0.1, 0.15) is 0 Å². The molecule has 0 N–H and O–H groups in total. The van der Waals surface area contributed by atoms with Gasteiger partial charge in [0.05, 0.1) is 0 Å². The van der Waals surface area contributed by atoms with Gasteiger partial charge in [-0.25, -0.2) is 9.97 Å². The van der Waals surface area contributed by atoms with Gasteiger partial charge in [-0.3, -0.25) is 0 Å². The number of aromatic nitrogens is 2. The van der Waals surface area contributed by atoms with Crippen molar-refractivity contribution in [2.75, 3.05) is 0 Å². The van der Waals surface area contributed by atoms with Crippen molar-refractivity contribution in [3.05, 3.63) is 47.9 Å². The molecule has 0 aliphatic carbocycles. The molecule has 4 heteroatoms. The van der Waals surface area contributed by atoms with Gasteiger partial charge >= 0.3 is 0 Å². The topological polar surface area (TPSA) is 35.0 Å². The molecule has 69 valence electrons. The molecule has 0 amide bonds. The first-order chi connectivity index (χ1) is 6.86. The largest absolute Gasteiger partial charge is 0.436 e. The van der Waals surface area contributed by atoms with E-state index in [9.17, 15) is 0 Å². The summed E-state index contributed by atoms with van der Waals surface area (Å²) in [6, 6.07) is 9.68. The Morgan fingerprint density at radius 3 is 2.93 bits per heavy atom. The molecule has 0 fully saturated rings. The van der Waals surface area contributed by atoms with Crippen LogP contribution in [-0.4, -0.2) is 9.97 Å². The van der Waals surface area contributed by atoms with E-state index in [1.807, 2.05) is 0 Å². The number of pyridine rings is 2. The number of ether oxygens (including phenoxy) is 1. The third-order valence-corrected chi connectivity index (χ3v) is 1.81. The highest BCUT2D eigenvalue weighted by molar-refractivity contribution is 6.30. The van der Waals surface area contributed by atoms with Crippen molar-refractivity contribution in [1.82, 2.24) is 9.97 Å². The van der Waals surface area contributed by atoms with Crippen molar-refractivity contribution in [2.45, 2.75) is 0 Å². The monoisotopic (exact) mass is 205 g/mol. The highest BCUT2D eigenvalue weighted by atomic mass is 35.5. The third-order valence-electron chi connectivity index (χ3n) is 1.53. The Hall–Kier alpha value is -1.61. The van der Waals surface area contributed by atoms with E-state index in [1.54, 1.807) is 30.5 Å². The van der Waals surface area contributed by atoms with Crippen LogP contribution in [0.25, 0.3) is 0 Å². The minimum Gasteiger partial charge on any atom is -0.436 e. The Bertz CT molecular complexity index is 419. The molecule has 3 nitrogen and oxygen atoms in total. The van der Waals surface area contributed by atoms with Crippen LogP contribution < -0.4 is 4.74 Å². The summed E-state index contributed by atoms with van der Waals surface area (Å²) in [6.45, 7) is 0. The van der Waals surface area contributed by atoms with E-state index >= 15 is 0 Å². The van der Waals surface area contributed by atoms with Crippen molar-refractivity contribution >= 4 is 11.6 Å². The van der Waals surface area contributed by atoms with Crippen molar-refractivity contribution in [3.63, 3.8) is 0 Å². The summed E-state index contributed by atoms with van der Waals surface area (Å²) < 4.78 is 5.38. The lowest BCUT2D eigenvalue weighted by Gasteiger charge is -2.04. The lowest BCUT2D eigenvalue weighted by Crippen LogP contribution is -1.88. The molecule has 0 saturated carbocycles. The SMILES string of the molecule is Clc1ncccc1Oc1cc[c]cn1. The molecule has 0 aliphatic rings. The Morgan fingerprint density at radius 2 is 2.21 bits per heavy atom. The summed E-state index contributed by atoms with van der Waals surface area (Å²) in [5.41, 5.74) is 0. The van der Waals surface area contributed by atoms with E-state index < -0.39 is 0 Å². The minimum absolute atomic E-state index is 0.321. The van der Waals surface area contributed by atoms with Crippen LogP contribution in [0.3, 0.4) is 0 Å². The molecule has 0 unspecified atom stereocenters. The molecule has 0 saturated heterocycles. The Balaban J connectivity index is 2.24. The summed E-state index contributed by atoms with van der Waals surface area (Å²) in [5.74, 6) is 0.964. The number of hydrogen-bond acceptors (Lipinski definition) is 3. The van der Waals surface area contributed by atoms with Crippen LogP contribution in [0.2, 0.25) is 5.15 Å². The normalized spacial score (nSPS) is 9.79. The van der Waals surface area contributed by atoms with E-state index in [1.165, 1.54) is 6.20 Å². The molecule has 2 aromatic rings. The molecule has 0 spiro atoms. The summed E-state index contributed by atoms with van der Waals surface area (Å²) >= 11 is 5.80. The van der Waals surface area contributed by atoms with E-state index in [4.69, 9.17) is 16.3 Å². The third kappa shape index (κ3) is 2.00. The van der Waals surface area contributed by atoms with Crippen LogP contribution in [0.4, 0.5) is 0 Å². The Kier molecular flexibility index (Phi) is 2.60. The molecule has 2 aromatic heterocycles. The van der Waals surface area contributed by atoms with Gasteiger partial charge in [0.25, 0.3) is 0 Å². The minimum atomic E-state index is 0.321. The van der Waals surface area contributed by atoms with Gasteiger partial charge in [-0.2, -0.15) is 0 Å². The first-order valence-corrected chi connectivity index (χ1v) is 4.34. The maximum Gasteiger partial charge on any atom is 0.219 e. The maximum absolute atomic E-state index is 5.80. The molecule has 0 aliphatic heterocycles. The first kappa shape index (κ1) is 8.97. The molecule has 2 heterocycles. The molecule has 0 bridgehead atoms. The Labute approximate surface area is 86.3 Å². The van der Waals surface area contributed by atoms with Gasteiger partial charge < -0.3 is 4.74 Å². The smallest absolute Gasteiger partial charge is 0.219 e. The molecular formula is C10H6ClN2O. The average molecular weight is 206 g/mol. The van der Waals surface area contributed by atoms with E-state index in [-0.39, 0.29) is 0 Å². The molecule has 0 aromatic carbocycles. The second kappa shape index (κ2) is 4.07. The predicted molar refractivity (Wildman–Crippen MR) is 52.4 cm³/mol. The number of hydrogen-bond donors (Lipinski definition) is 0. The van der Waals surface area contributed by atoms with Gasteiger partial charge in [0, 0.05) is 24.5 Å². The van der Waals surface area contributed by atoms with Gasteiger partial charge in [-0.15, -0.1) is 0 Å². The summed E-state index contributed by atoms with van der Waals surface area (Å²) in [4.78, 5) is 7.83. The fourth-order valence-electron chi connectivity index (χ4n) is 0.927. The zero-order valence-corrected chi connectivity index (χ0v) is 7.90. The van der Waals surface area contributed by atoms with Gasteiger partial charge in [0.2, 0.25) is 5.88 Å². The predicted octanol–water partition coefficient (Wildman–Crippen LogP) is 2.72. The van der Waals surface area contributed by atoms with Gasteiger partial charge in [-0.1, -0.05) is 11.6 Å². The quantitative estimate of drug-likeness (QED) is 0.708. The summed E-state index contributed by atoms with van der Waals surface area (Å²) in [5, 5.41) is 0.321. The van der Waals surface area contributed by atoms with E-state index in [0.717, 1.165) is 0 Å². The molecule has 14 heavy (non-hydrogen) atoms. The van der Waals surface area contributed by atoms with Crippen LogP contribution in [0, 0.1) is 6.07 Å². The van der Waals surface area contributed by atoms with Crippen molar-refractivity contribution in [1.29, 1.82) is 0 Å². The van der Waals surface area contributed by atoms with E-state index in [0.29, 0.717) is 16.8 Å². The highest BCUT2D eigenvalue weighted by Gasteiger charge is 2.02. The average Bonchev–Trinajstić information content (AvgIpc) is 2.23. The fourth-order valence-corrected chi connectivity index (χ4v) is 1.08. The zero-order chi connectivity index (χ0) is 9.80. The Morgan fingerprint density at radius 1 is 1.29 bits per heavy atom. The maximum atomic E-state index is 5.80. The lowest BCUT2D eigenvalue weighted by atomic mass is 10.4. The molecule has 1 radical (unpaired) electrons. The van der Waals surface area contributed by atoms with Crippen molar-refractivity contribution in [2.24, 2.45) is 0 Å². The fraction of sp³-hybridized carbons (Fsp3) is 0. The van der Waals surface area contributed by atoms with Crippen LogP contribution in [0.5, 0.6) is 11.6 Å². The summed E-state index contributed by atoms with van der Waals surface area (Å²) in [6.07, 6.45) is 3.13. The van der Waals surface area contributed by atoms with Gasteiger partial charge in [0.15, 0.2) is 10.9 Å². The summed E-state index contributed by atoms with van der Waals surface area (Å²) in [7, 11) is 0. The van der Waals surface area contributed by atoms with Crippen molar-refractivity contribution < 1.29 is 4.74 Å². The molecular weight excluding hydrogens is 200 g/mol. The van der Waals surface area contributed by atoms with Gasteiger partial charge in [-0.05, 0) is 18.2 Å². The standard InChI is InChI=1S/C10H6ClN2O/c11-10-8(4-3-7-13-10)14-9-5-1-2-6-12-9/h1,3-7H. The molecule has 0 atom stereocenters. The number of nitrogens with zero attached hydrogens (tertiary/aromatic N) is 2. The second-order valence-corrected chi connectivity index (χ2v) is 2.85. The van der Waals surface area contributed by atoms with Crippen LogP contribution in [0.15, 0.2) is 36.7 Å². The van der Waals surface area contributed by atoms with Crippen molar-refractivity contribution in [3.8, 4) is 11.6 Å². The van der Waals surface area contributed by atoms with E-state index in [2.05, 4.69) is 16.0 Å². The van der Waals surface area contributed by atoms with Crippen LogP contribution in [-0.2, 0) is 0 Å². The second-order valence-electron chi connectivity index (χ2n) is 2.49. The van der Waals surface area contributed by atoms with Crippen LogP contribution >= 0.6 is 11.6 Å². The van der Waals surface area contributed by atoms with Gasteiger partial charge in [0.1, 0.15) is 0 Å².